The van der Waals surface area contributed by atoms with Crippen molar-refractivity contribution in [2.45, 2.75) is 45.0 Å². The lowest BCUT2D eigenvalue weighted by Gasteiger charge is -2.17. The van der Waals surface area contributed by atoms with Crippen LogP contribution < -0.4 is 15.2 Å². The van der Waals surface area contributed by atoms with Gasteiger partial charge in [0, 0.05) is 29.6 Å². The summed E-state index contributed by atoms with van der Waals surface area (Å²) in [5.74, 6) is -0.694. The third-order valence-corrected chi connectivity index (χ3v) is 6.65. The van der Waals surface area contributed by atoms with E-state index >= 15 is 0 Å². The number of hydrogen-bond acceptors (Lipinski definition) is 8. The van der Waals surface area contributed by atoms with E-state index in [0.717, 1.165) is 12.3 Å². The smallest absolute Gasteiger partial charge is 0.442 e. The van der Waals surface area contributed by atoms with E-state index in [9.17, 15) is 17.8 Å². The average molecular weight is 597 g/mol. The first-order valence-corrected chi connectivity index (χ1v) is 14.7. The minimum atomic E-state index is -2.92. The van der Waals surface area contributed by atoms with E-state index in [0.29, 0.717) is 36.4 Å². The minimum absolute atomic E-state index is 0.0183. The Morgan fingerprint density at radius 2 is 1.80 bits per heavy atom. The van der Waals surface area contributed by atoms with Gasteiger partial charge < -0.3 is 19.9 Å². The second kappa shape index (κ2) is 13.2. The highest BCUT2D eigenvalue weighted by Crippen LogP contribution is 2.32. The fraction of sp³-hybridized carbons (Fsp3) is 0.370. The molecule has 216 valence electrons. The Hall–Kier alpha value is -3.51. The lowest BCUT2D eigenvalue weighted by molar-refractivity contribution is 0.0607. The molecule has 13 heteroatoms. The van der Waals surface area contributed by atoms with Crippen LogP contribution in [0.1, 0.15) is 39.2 Å². The van der Waals surface area contributed by atoms with E-state index in [2.05, 4.69) is 14.3 Å². The third-order valence-electron chi connectivity index (χ3n) is 5.06. The van der Waals surface area contributed by atoms with Gasteiger partial charge in [0.05, 0.1) is 34.9 Å². The molecule has 0 fully saturated rings. The molecule has 2 aromatic carbocycles. The molecular formula is C27H31ClF2N4O5S. The van der Waals surface area contributed by atoms with Crippen molar-refractivity contribution in [1.82, 2.24) is 9.97 Å². The number of carbonyl (C=O) groups excluding carboxylic acids is 1. The molecule has 2 N–H and O–H groups in total. The molecule has 0 aliphatic carbocycles. The Balaban J connectivity index is 1.55. The minimum Gasteiger partial charge on any atom is -0.494 e. The molecule has 1 unspecified atom stereocenters. The van der Waals surface area contributed by atoms with Crippen LogP contribution >= 0.6 is 11.6 Å². The molecule has 0 saturated carbocycles. The molecule has 1 aromatic heterocycles. The molecule has 0 radical (unpaired) electrons. The summed E-state index contributed by atoms with van der Waals surface area (Å²) in [7, 11) is -2.92. The second-order valence-electron chi connectivity index (χ2n) is 9.97. The van der Waals surface area contributed by atoms with Crippen molar-refractivity contribution in [2.75, 3.05) is 25.2 Å². The maximum atomic E-state index is 14.2. The number of nitrogen functional groups attached to an aromatic ring is 1. The van der Waals surface area contributed by atoms with Crippen LogP contribution in [0.25, 0.3) is 11.3 Å². The highest BCUT2D eigenvalue weighted by molar-refractivity contribution is 7.92. The maximum absolute atomic E-state index is 14.2. The maximum Gasteiger partial charge on any atom is 0.442 e. The molecule has 0 aliphatic rings. The fourth-order valence-electron chi connectivity index (χ4n) is 3.55. The van der Waals surface area contributed by atoms with Gasteiger partial charge in [-0.15, -0.1) is 4.36 Å². The Kier molecular flexibility index (Phi) is 10.3. The van der Waals surface area contributed by atoms with Gasteiger partial charge >= 0.3 is 6.09 Å². The molecule has 0 spiro atoms. The highest BCUT2D eigenvalue weighted by Gasteiger charge is 2.18. The number of benzene rings is 2. The molecule has 3 rings (SSSR count). The largest absolute Gasteiger partial charge is 0.494 e. The van der Waals surface area contributed by atoms with Crippen molar-refractivity contribution >= 4 is 33.1 Å². The lowest BCUT2D eigenvalue weighted by Crippen LogP contribution is -2.22. The van der Waals surface area contributed by atoms with Crippen molar-refractivity contribution in [3.8, 4) is 22.8 Å². The predicted molar refractivity (Wildman–Crippen MR) is 150 cm³/mol. The first-order valence-electron chi connectivity index (χ1n) is 12.3. The number of unbranched alkanes of at least 4 members (excludes halogenated alkanes) is 1. The summed E-state index contributed by atoms with van der Waals surface area (Å²) in [6.45, 7) is 5.60. The van der Waals surface area contributed by atoms with Gasteiger partial charge in [0.2, 0.25) is 5.28 Å². The van der Waals surface area contributed by atoms with Gasteiger partial charge in [-0.2, -0.15) is 0 Å². The topological polar surface area (TPSA) is 126 Å². The quantitative estimate of drug-likeness (QED) is 0.161. The number of rotatable bonds is 10. The zero-order chi connectivity index (χ0) is 29.5. The van der Waals surface area contributed by atoms with Gasteiger partial charge in [0.1, 0.15) is 28.6 Å². The van der Waals surface area contributed by atoms with E-state index < -0.39 is 33.1 Å². The second-order valence-corrected chi connectivity index (χ2v) is 12.7. The molecule has 0 bridgehead atoms. The summed E-state index contributed by atoms with van der Waals surface area (Å²) >= 11 is 5.79. The van der Waals surface area contributed by atoms with E-state index in [1.807, 2.05) is 0 Å². The van der Waals surface area contributed by atoms with Crippen molar-refractivity contribution in [3.05, 3.63) is 65.1 Å². The molecule has 40 heavy (non-hydrogen) atoms. The van der Waals surface area contributed by atoms with Crippen LogP contribution in [0.5, 0.6) is 11.5 Å². The van der Waals surface area contributed by atoms with Crippen LogP contribution in [-0.4, -0.2) is 45.3 Å². The molecule has 1 atom stereocenters. The van der Waals surface area contributed by atoms with Crippen LogP contribution in [0.3, 0.4) is 0 Å². The SMILES string of the molecule is CC(C)(C)OC(=O)N=S(C)(=O)Cc1cc(N)cc(OCCCCOc2cc(F)ccc2-c2nc(Cl)ncc2F)c1. The van der Waals surface area contributed by atoms with Crippen LogP contribution in [0.4, 0.5) is 19.3 Å². The van der Waals surface area contributed by atoms with Gasteiger partial charge in [-0.1, -0.05) is 0 Å². The number of hydrogen-bond donors (Lipinski definition) is 1. The normalized spacial score (nSPS) is 12.9. The number of carbonyl (C=O) groups is 1. The third kappa shape index (κ3) is 9.91. The van der Waals surface area contributed by atoms with Gasteiger partial charge in [0.15, 0.2) is 5.82 Å². The van der Waals surface area contributed by atoms with Crippen molar-refractivity contribution in [2.24, 2.45) is 4.36 Å². The summed E-state index contributed by atoms with van der Waals surface area (Å²) in [6, 6.07) is 8.63. The average Bonchev–Trinajstić information content (AvgIpc) is 2.80. The summed E-state index contributed by atoms with van der Waals surface area (Å²) in [5.41, 5.74) is 6.38. The summed E-state index contributed by atoms with van der Waals surface area (Å²) < 4.78 is 61.3. The van der Waals surface area contributed by atoms with Crippen molar-refractivity contribution < 1.29 is 32.0 Å². The van der Waals surface area contributed by atoms with E-state index in [1.165, 1.54) is 18.4 Å². The predicted octanol–water partition coefficient (Wildman–Crippen LogP) is 6.43. The summed E-state index contributed by atoms with van der Waals surface area (Å²) in [4.78, 5) is 19.5. The first kappa shape index (κ1) is 31.0. The van der Waals surface area contributed by atoms with E-state index in [4.69, 9.17) is 31.5 Å². The molecular weight excluding hydrogens is 566 g/mol. The lowest BCUT2D eigenvalue weighted by atomic mass is 10.1. The van der Waals surface area contributed by atoms with Crippen molar-refractivity contribution in [3.63, 3.8) is 0 Å². The molecule has 3 aromatic rings. The zero-order valence-electron chi connectivity index (χ0n) is 22.6. The molecule has 1 heterocycles. The number of halogens is 3. The summed E-state index contributed by atoms with van der Waals surface area (Å²) in [5, 5.41) is -0.146. The number of amides is 1. The molecule has 1 amide bonds. The highest BCUT2D eigenvalue weighted by atomic mass is 35.5. The summed E-state index contributed by atoms with van der Waals surface area (Å²) in [6.07, 6.45) is 2.53. The zero-order valence-corrected chi connectivity index (χ0v) is 24.2. The van der Waals surface area contributed by atoms with Gasteiger partial charge in [-0.3, -0.25) is 0 Å². The van der Waals surface area contributed by atoms with Gasteiger partial charge in [-0.25, -0.2) is 27.8 Å². The Bertz CT molecular complexity index is 1490. The molecule has 0 aliphatic heterocycles. The number of anilines is 1. The van der Waals surface area contributed by atoms with Crippen LogP contribution in [-0.2, 0) is 20.2 Å². The first-order chi connectivity index (χ1) is 18.7. The van der Waals surface area contributed by atoms with Crippen LogP contribution in [0.15, 0.2) is 47.0 Å². The van der Waals surface area contributed by atoms with Crippen molar-refractivity contribution in [1.29, 1.82) is 0 Å². The Morgan fingerprint density at radius 1 is 1.10 bits per heavy atom. The molecule has 9 nitrogen and oxygen atoms in total. The van der Waals surface area contributed by atoms with Crippen LogP contribution in [0, 0.1) is 11.6 Å². The fourth-order valence-corrected chi connectivity index (χ4v) is 4.89. The van der Waals surface area contributed by atoms with Gasteiger partial charge in [-0.05, 0) is 75.0 Å². The Labute approximate surface area is 237 Å². The molecule has 0 saturated heterocycles. The van der Waals surface area contributed by atoms with E-state index in [-0.39, 0.29) is 34.7 Å². The standard InChI is InChI=1S/C27H31ClF2N4O5S/c1-27(2,3)39-26(35)34-40(4,36)16-17-11-19(31)14-20(12-17)37-9-5-6-10-38-23-13-18(29)7-8-21(23)24-22(30)15-32-25(28)33-24/h7-8,11-15H,5-6,9-10,16,31H2,1-4H3. The number of nitrogens with zero attached hydrogens (tertiary/aromatic N) is 3. The monoisotopic (exact) mass is 596 g/mol. The van der Waals surface area contributed by atoms with Gasteiger partial charge in [0.25, 0.3) is 0 Å². The number of aromatic nitrogens is 2. The number of ether oxygens (including phenoxy) is 3. The Morgan fingerprint density at radius 3 is 2.50 bits per heavy atom. The number of nitrogens with two attached hydrogens (primary N) is 1. The van der Waals surface area contributed by atoms with Crippen LogP contribution in [0.2, 0.25) is 5.28 Å². The van der Waals surface area contributed by atoms with E-state index in [1.54, 1.807) is 39.0 Å².